The Labute approximate surface area is 125 Å². The van der Waals surface area contributed by atoms with E-state index in [4.69, 9.17) is 4.74 Å². The maximum atomic E-state index is 5.60. The number of rotatable bonds is 9. The summed E-state index contributed by atoms with van der Waals surface area (Å²) in [5.41, 5.74) is 2.01. The van der Waals surface area contributed by atoms with Gasteiger partial charge in [-0.05, 0) is 12.1 Å². The average molecular weight is 289 g/mol. The van der Waals surface area contributed by atoms with Crippen LogP contribution in [0.3, 0.4) is 0 Å². The normalized spacial score (nSPS) is 11.2. The van der Waals surface area contributed by atoms with Crippen LogP contribution in [0.5, 0.6) is 0 Å². The van der Waals surface area contributed by atoms with Crippen LogP contribution in [0.25, 0.3) is 0 Å². The second-order valence-corrected chi connectivity index (χ2v) is 5.19. The van der Waals surface area contributed by atoms with Gasteiger partial charge >= 0.3 is 0 Å². The molecular formula is C15H23N5O. The van der Waals surface area contributed by atoms with Crippen LogP contribution in [-0.4, -0.2) is 39.2 Å². The number of hydrogen-bond donors (Lipinski definition) is 1. The molecule has 21 heavy (non-hydrogen) atoms. The third-order valence-corrected chi connectivity index (χ3v) is 2.97. The molecule has 0 aliphatic carbocycles. The lowest BCUT2D eigenvalue weighted by molar-refractivity contribution is 0.125. The fourth-order valence-electron chi connectivity index (χ4n) is 1.82. The van der Waals surface area contributed by atoms with Crippen molar-refractivity contribution in [1.82, 2.24) is 25.3 Å². The van der Waals surface area contributed by atoms with Gasteiger partial charge in [0, 0.05) is 37.1 Å². The van der Waals surface area contributed by atoms with Crippen molar-refractivity contribution in [3.05, 3.63) is 42.0 Å². The summed E-state index contributed by atoms with van der Waals surface area (Å²) in [5, 5.41) is 11.5. The summed E-state index contributed by atoms with van der Waals surface area (Å²) in [6.07, 6.45) is 4.59. The van der Waals surface area contributed by atoms with Gasteiger partial charge in [0.1, 0.15) is 0 Å². The summed E-state index contributed by atoms with van der Waals surface area (Å²) < 4.78 is 7.42. The molecule has 6 heteroatoms. The minimum Gasteiger partial charge on any atom is -0.379 e. The van der Waals surface area contributed by atoms with Crippen molar-refractivity contribution in [2.75, 3.05) is 13.2 Å². The molecule has 0 fully saturated rings. The second-order valence-electron chi connectivity index (χ2n) is 5.19. The van der Waals surface area contributed by atoms with Crippen LogP contribution >= 0.6 is 0 Å². The number of nitrogens with zero attached hydrogens (tertiary/aromatic N) is 4. The topological polar surface area (TPSA) is 64.9 Å². The third kappa shape index (κ3) is 6.01. The van der Waals surface area contributed by atoms with Crippen molar-refractivity contribution in [3.63, 3.8) is 0 Å². The molecule has 0 spiro atoms. The van der Waals surface area contributed by atoms with Gasteiger partial charge in [0.05, 0.1) is 25.5 Å². The van der Waals surface area contributed by atoms with E-state index in [1.54, 1.807) is 6.20 Å². The second kappa shape index (κ2) is 8.49. The SMILES string of the molecule is CC(C)NCc1cn(CCOCCc2ccccn2)nn1. The van der Waals surface area contributed by atoms with E-state index < -0.39 is 0 Å². The van der Waals surface area contributed by atoms with Crippen LogP contribution in [0.1, 0.15) is 25.2 Å². The number of hydrogen-bond acceptors (Lipinski definition) is 5. The quantitative estimate of drug-likeness (QED) is 0.708. The molecule has 2 aromatic rings. The van der Waals surface area contributed by atoms with Crippen LogP contribution in [0.15, 0.2) is 30.6 Å². The van der Waals surface area contributed by atoms with E-state index in [1.807, 2.05) is 29.1 Å². The lowest BCUT2D eigenvalue weighted by atomic mass is 10.3. The van der Waals surface area contributed by atoms with Gasteiger partial charge < -0.3 is 10.1 Å². The van der Waals surface area contributed by atoms with Crippen molar-refractivity contribution in [2.24, 2.45) is 0 Å². The highest BCUT2D eigenvalue weighted by atomic mass is 16.5. The van der Waals surface area contributed by atoms with E-state index >= 15 is 0 Å². The Balaban J connectivity index is 1.60. The highest BCUT2D eigenvalue weighted by molar-refractivity contribution is 5.03. The Kier molecular flexibility index (Phi) is 6.30. The zero-order valence-corrected chi connectivity index (χ0v) is 12.7. The molecule has 2 aromatic heterocycles. The molecule has 0 bridgehead atoms. The molecule has 6 nitrogen and oxygen atoms in total. The molecule has 0 unspecified atom stereocenters. The first-order valence-corrected chi connectivity index (χ1v) is 7.34. The number of nitrogens with one attached hydrogen (secondary N) is 1. The van der Waals surface area contributed by atoms with Crippen LogP contribution in [-0.2, 0) is 24.2 Å². The summed E-state index contributed by atoms with van der Waals surface area (Å²) in [7, 11) is 0. The van der Waals surface area contributed by atoms with Crippen LogP contribution in [0.4, 0.5) is 0 Å². The van der Waals surface area contributed by atoms with Gasteiger partial charge in [-0.1, -0.05) is 25.1 Å². The molecule has 114 valence electrons. The Bertz CT molecular complexity index is 512. The smallest absolute Gasteiger partial charge is 0.0964 e. The predicted octanol–water partition coefficient (Wildman–Crippen LogP) is 1.43. The Morgan fingerprint density at radius 3 is 2.90 bits per heavy atom. The first-order valence-electron chi connectivity index (χ1n) is 7.34. The molecule has 0 amide bonds. The molecule has 1 N–H and O–H groups in total. The van der Waals surface area contributed by atoms with Crippen molar-refractivity contribution >= 4 is 0 Å². The van der Waals surface area contributed by atoms with Crippen molar-refractivity contribution in [2.45, 2.75) is 39.4 Å². The first-order chi connectivity index (χ1) is 10.2. The molecular weight excluding hydrogens is 266 g/mol. The largest absolute Gasteiger partial charge is 0.379 e. The van der Waals surface area contributed by atoms with Gasteiger partial charge in [-0.3, -0.25) is 4.98 Å². The molecule has 2 rings (SSSR count). The fourth-order valence-corrected chi connectivity index (χ4v) is 1.82. The minimum absolute atomic E-state index is 0.449. The molecule has 0 radical (unpaired) electrons. The minimum atomic E-state index is 0.449. The van der Waals surface area contributed by atoms with E-state index in [-0.39, 0.29) is 0 Å². The van der Waals surface area contributed by atoms with E-state index in [1.165, 1.54) is 0 Å². The van der Waals surface area contributed by atoms with Crippen LogP contribution in [0, 0.1) is 0 Å². The summed E-state index contributed by atoms with van der Waals surface area (Å²) in [5.74, 6) is 0. The third-order valence-electron chi connectivity index (χ3n) is 2.97. The van der Waals surface area contributed by atoms with E-state index in [0.29, 0.717) is 19.3 Å². The zero-order chi connectivity index (χ0) is 14.9. The van der Waals surface area contributed by atoms with Crippen LogP contribution in [0.2, 0.25) is 0 Å². The number of aromatic nitrogens is 4. The van der Waals surface area contributed by atoms with Gasteiger partial charge in [-0.2, -0.15) is 0 Å². The lowest BCUT2D eigenvalue weighted by Gasteiger charge is -2.04. The number of ether oxygens (including phenoxy) is 1. The monoisotopic (exact) mass is 289 g/mol. The maximum absolute atomic E-state index is 5.60. The first kappa shape index (κ1) is 15.6. The van der Waals surface area contributed by atoms with Gasteiger partial charge in [0.25, 0.3) is 0 Å². The molecule has 0 aliphatic rings. The van der Waals surface area contributed by atoms with Crippen molar-refractivity contribution in [3.8, 4) is 0 Å². The summed E-state index contributed by atoms with van der Waals surface area (Å²) >= 11 is 0. The molecule has 2 heterocycles. The predicted molar refractivity (Wildman–Crippen MR) is 80.8 cm³/mol. The number of pyridine rings is 1. The van der Waals surface area contributed by atoms with Gasteiger partial charge in [-0.25, -0.2) is 4.68 Å². The summed E-state index contributed by atoms with van der Waals surface area (Å²) in [4.78, 5) is 4.26. The standard InChI is InChI=1S/C15H23N5O/c1-13(2)17-11-15-12-20(19-18-15)8-10-21-9-6-14-5-3-4-7-16-14/h3-5,7,12-13,17H,6,8-11H2,1-2H3. The molecule has 0 saturated heterocycles. The maximum Gasteiger partial charge on any atom is 0.0964 e. The van der Waals surface area contributed by atoms with Crippen LogP contribution < -0.4 is 5.32 Å². The Hall–Kier alpha value is -1.79. The molecule has 0 aliphatic heterocycles. The summed E-state index contributed by atoms with van der Waals surface area (Å²) in [6.45, 7) is 7.00. The van der Waals surface area contributed by atoms with E-state index in [0.717, 1.165) is 30.9 Å². The van der Waals surface area contributed by atoms with E-state index in [9.17, 15) is 0 Å². The van der Waals surface area contributed by atoms with Crippen molar-refractivity contribution < 1.29 is 4.74 Å². The van der Waals surface area contributed by atoms with Gasteiger partial charge in [0.2, 0.25) is 0 Å². The summed E-state index contributed by atoms with van der Waals surface area (Å²) in [6, 6.07) is 6.37. The van der Waals surface area contributed by atoms with E-state index in [2.05, 4.69) is 34.5 Å². The molecule has 0 aromatic carbocycles. The molecule has 0 atom stereocenters. The van der Waals surface area contributed by atoms with Gasteiger partial charge in [-0.15, -0.1) is 5.10 Å². The lowest BCUT2D eigenvalue weighted by Crippen LogP contribution is -2.21. The highest BCUT2D eigenvalue weighted by Gasteiger charge is 2.01. The average Bonchev–Trinajstić information content (AvgIpc) is 2.94. The van der Waals surface area contributed by atoms with Crippen molar-refractivity contribution in [1.29, 1.82) is 0 Å². The zero-order valence-electron chi connectivity index (χ0n) is 12.7. The fraction of sp³-hybridized carbons (Fsp3) is 0.533. The Morgan fingerprint density at radius 1 is 1.24 bits per heavy atom. The van der Waals surface area contributed by atoms with Gasteiger partial charge in [0.15, 0.2) is 0 Å². The molecule has 0 saturated carbocycles. The highest BCUT2D eigenvalue weighted by Crippen LogP contribution is 1.96. The Morgan fingerprint density at radius 2 is 2.14 bits per heavy atom.